The zero-order chi connectivity index (χ0) is 13.2. The zero-order valence-corrected chi connectivity index (χ0v) is 11.4. The quantitative estimate of drug-likeness (QED) is 0.839. The van der Waals surface area contributed by atoms with Crippen LogP contribution in [0, 0.1) is 13.8 Å². The fraction of sp³-hybridized carbons (Fsp3) is 0.615. The van der Waals surface area contributed by atoms with Gasteiger partial charge >= 0.3 is 0 Å². The molecule has 4 heteroatoms. The number of rotatable bonds is 4. The molecular formula is C13H23N3O. The van der Waals surface area contributed by atoms with Crippen LogP contribution in [0.4, 0.5) is 0 Å². The molecule has 0 fully saturated rings. The smallest absolute Gasteiger partial charge is 0.234 e. The highest BCUT2D eigenvalue weighted by molar-refractivity contribution is 5.78. The number of carbonyl (C=O) groups excluding carboxylic acids is 1. The van der Waals surface area contributed by atoms with Crippen LogP contribution in [-0.4, -0.2) is 17.0 Å². The first-order valence-corrected chi connectivity index (χ1v) is 6.06. The summed E-state index contributed by atoms with van der Waals surface area (Å²) in [5.74, 6) is -0.119. The summed E-state index contributed by atoms with van der Waals surface area (Å²) in [6.07, 6.45) is 0. The minimum atomic E-state index is -0.119. The Morgan fingerprint density at radius 3 is 2.41 bits per heavy atom. The number of carbonyl (C=O) groups is 1. The number of hydrogen-bond donors (Lipinski definition) is 2. The SMILES string of the molecule is Cc1cc(C(C)NC(=O)CN)c(C)n1C(C)C. The molecule has 0 radical (unpaired) electrons. The van der Waals surface area contributed by atoms with Crippen molar-refractivity contribution in [3.05, 3.63) is 23.0 Å². The van der Waals surface area contributed by atoms with Crippen LogP contribution in [0.1, 0.15) is 49.8 Å². The summed E-state index contributed by atoms with van der Waals surface area (Å²) in [6.45, 7) is 10.5. The van der Waals surface area contributed by atoms with Crippen LogP contribution in [0.25, 0.3) is 0 Å². The maximum absolute atomic E-state index is 11.3. The molecule has 1 aromatic rings. The van der Waals surface area contributed by atoms with Crippen LogP contribution in [0.15, 0.2) is 6.07 Å². The minimum absolute atomic E-state index is 0.00440. The maximum Gasteiger partial charge on any atom is 0.234 e. The van der Waals surface area contributed by atoms with E-state index >= 15 is 0 Å². The lowest BCUT2D eigenvalue weighted by atomic mass is 10.1. The van der Waals surface area contributed by atoms with Gasteiger partial charge in [-0.25, -0.2) is 0 Å². The van der Waals surface area contributed by atoms with Gasteiger partial charge in [0.2, 0.25) is 5.91 Å². The molecule has 1 heterocycles. The molecule has 0 saturated carbocycles. The second-order valence-corrected chi connectivity index (χ2v) is 4.78. The van der Waals surface area contributed by atoms with Gasteiger partial charge in [-0.2, -0.15) is 0 Å². The molecule has 0 aliphatic rings. The second kappa shape index (κ2) is 5.36. The van der Waals surface area contributed by atoms with Crippen LogP contribution in [0.2, 0.25) is 0 Å². The van der Waals surface area contributed by atoms with Crippen molar-refractivity contribution in [2.45, 2.75) is 46.7 Å². The van der Waals surface area contributed by atoms with Crippen molar-refractivity contribution in [1.29, 1.82) is 0 Å². The Balaban J connectivity index is 2.99. The Bertz CT molecular complexity index is 407. The fourth-order valence-corrected chi connectivity index (χ4v) is 2.41. The van der Waals surface area contributed by atoms with Gasteiger partial charge in [-0.1, -0.05) is 0 Å². The van der Waals surface area contributed by atoms with Crippen LogP contribution >= 0.6 is 0 Å². The Kier molecular flexibility index (Phi) is 4.34. The van der Waals surface area contributed by atoms with E-state index in [2.05, 4.69) is 43.6 Å². The monoisotopic (exact) mass is 237 g/mol. The summed E-state index contributed by atoms with van der Waals surface area (Å²) >= 11 is 0. The molecule has 3 N–H and O–H groups in total. The number of hydrogen-bond acceptors (Lipinski definition) is 2. The summed E-state index contributed by atoms with van der Waals surface area (Å²) < 4.78 is 2.28. The number of aryl methyl sites for hydroxylation is 1. The van der Waals surface area contributed by atoms with Gasteiger partial charge in [-0.15, -0.1) is 0 Å². The number of amides is 1. The van der Waals surface area contributed by atoms with Crippen LogP contribution < -0.4 is 11.1 Å². The molecule has 0 aliphatic carbocycles. The summed E-state index contributed by atoms with van der Waals surface area (Å²) in [5, 5.41) is 2.89. The normalized spacial score (nSPS) is 12.9. The van der Waals surface area contributed by atoms with Crippen LogP contribution in [-0.2, 0) is 4.79 Å². The van der Waals surface area contributed by atoms with Crippen molar-refractivity contribution in [3.63, 3.8) is 0 Å². The van der Waals surface area contributed by atoms with Gasteiger partial charge in [0.15, 0.2) is 0 Å². The van der Waals surface area contributed by atoms with Crippen molar-refractivity contribution in [2.24, 2.45) is 5.73 Å². The molecule has 1 unspecified atom stereocenters. The molecule has 0 spiro atoms. The molecule has 1 atom stereocenters. The van der Waals surface area contributed by atoms with E-state index in [1.807, 2.05) is 6.92 Å². The maximum atomic E-state index is 11.3. The highest BCUT2D eigenvalue weighted by Gasteiger charge is 2.17. The van der Waals surface area contributed by atoms with E-state index < -0.39 is 0 Å². The average Bonchev–Trinajstić information content (AvgIpc) is 2.53. The number of nitrogens with two attached hydrogens (primary N) is 1. The first-order valence-electron chi connectivity index (χ1n) is 6.06. The molecule has 1 rings (SSSR count). The Hall–Kier alpha value is -1.29. The van der Waals surface area contributed by atoms with Crippen molar-refractivity contribution < 1.29 is 4.79 Å². The topological polar surface area (TPSA) is 60.1 Å². The van der Waals surface area contributed by atoms with Crippen molar-refractivity contribution >= 4 is 5.91 Å². The second-order valence-electron chi connectivity index (χ2n) is 4.78. The van der Waals surface area contributed by atoms with Crippen molar-refractivity contribution in [2.75, 3.05) is 6.54 Å². The van der Waals surface area contributed by atoms with Gasteiger partial charge in [-0.05, 0) is 46.2 Å². The third-order valence-electron chi connectivity index (χ3n) is 3.07. The first-order chi connectivity index (χ1) is 7.88. The summed E-state index contributed by atoms with van der Waals surface area (Å²) in [5.41, 5.74) is 8.90. The largest absolute Gasteiger partial charge is 0.348 e. The van der Waals surface area contributed by atoms with E-state index in [4.69, 9.17) is 5.73 Å². The lowest BCUT2D eigenvalue weighted by Crippen LogP contribution is -2.32. The predicted molar refractivity (Wildman–Crippen MR) is 69.9 cm³/mol. The lowest BCUT2D eigenvalue weighted by Gasteiger charge is -2.16. The molecule has 4 nitrogen and oxygen atoms in total. The molecule has 0 bridgehead atoms. The van der Waals surface area contributed by atoms with Crippen molar-refractivity contribution in [3.8, 4) is 0 Å². The van der Waals surface area contributed by atoms with Crippen LogP contribution in [0.3, 0.4) is 0 Å². The molecule has 1 aromatic heterocycles. The summed E-state index contributed by atoms with van der Waals surface area (Å²) in [7, 11) is 0. The van der Waals surface area contributed by atoms with E-state index in [-0.39, 0.29) is 18.5 Å². The van der Waals surface area contributed by atoms with Crippen LogP contribution in [0.5, 0.6) is 0 Å². The van der Waals surface area contributed by atoms with Gasteiger partial charge in [0, 0.05) is 17.4 Å². The van der Waals surface area contributed by atoms with E-state index in [1.54, 1.807) is 0 Å². The number of nitrogens with one attached hydrogen (secondary N) is 1. The Morgan fingerprint density at radius 2 is 2.00 bits per heavy atom. The standard InChI is InChI=1S/C13H23N3O/c1-8(2)16-9(3)6-12(11(16)5)10(4)15-13(17)7-14/h6,8,10H,7,14H2,1-5H3,(H,15,17). The van der Waals surface area contributed by atoms with E-state index in [0.717, 1.165) is 5.56 Å². The van der Waals surface area contributed by atoms with Crippen molar-refractivity contribution in [1.82, 2.24) is 9.88 Å². The Morgan fingerprint density at radius 1 is 1.41 bits per heavy atom. The van der Waals surface area contributed by atoms with E-state index in [9.17, 15) is 4.79 Å². The lowest BCUT2D eigenvalue weighted by molar-refractivity contribution is -0.120. The highest BCUT2D eigenvalue weighted by Crippen LogP contribution is 2.24. The number of nitrogens with zero attached hydrogens (tertiary/aromatic N) is 1. The van der Waals surface area contributed by atoms with Gasteiger partial charge in [0.1, 0.15) is 0 Å². The third kappa shape index (κ3) is 2.88. The van der Waals surface area contributed by atoms with Gasteiger partial charge in [0.25, 0.3) is 0 Å². The van der Waals surface area contributed by atoms with Gasteiger partial charge in [0.05, 0.1) is 12.6 Å². The third-order valence-corrected chi connectivity index (χ3v) is 3.07. The minimum Gasteiger partial charge on any atom is -0.348 e. The number of aromatic nitrogens is 1. The summed E-state index contributed by atoms with van der Waals surface area (Å²) in [6, 6.07) is 2.57. The zero-order valence-electron chi connectivity index (χ0n) is 11.4. The molecule has 0 saturated heterocycles. The average molecular weight is 237 g/mol. The first kappa shape index (κ1) is 13.8. The molecule has 96 valence electrons. The molecular weight excluding hydrogens is 214 g/mol. The molecule has 0 aromatic carbocycles. The van der Waals surface area contributed by atoms with Gasteiger partial charge < -0.3 is 15.6 Å². The van der Waals surface area contributed by atoms with Gasteiger partial charge in [-0.3, -0.25) is 4.79 Å². The summed E-state index contributed by atoms with van der Waals surface area (Å²) in [4.78, 5) is 11.3. The molecule has 1 amide bonds. The highest BCUT2D eigenvalue weighted by atomic mass is 16.1. The molecule has 0 aliphatic heterocycles. The molecule has 17 heavy (non-hydrogen) atoms. The van der Waals surface area contributed by atoms with E-state index in [1.165, 1.54) is 11.4 Å². The predicted octanol–water partition coefficient (Wildman–Crippen LogP) is 1.82. The van der Waals surface area contributed by atoms with E-state index in [0.29, 0.717) is 6.04 Å². The Labute approximate surface area is 103 Å². The fourth-order valence-electron chi connectivity index (χ4n) is 2.41.